The fraction of sp³-hybridized carbons (Fsp3) is 1.00. The number of nitrogens with zero attached hydrogens (tertiary/aromatic N) is 1. The third-order valence-corrected chi connectivity index (χ3v) is 7.74. The molecule has 7 atom stereocenters. The summed E-state index contributed by atoms with van der Waals surface area (Å²) in [7, 11) is 0. The molecular weight excluding hydrogens is 441 g/mol. The van der Waals surface area contributed by atoms with Crippen LogP contribution in [0.2, 0.25) is 0 Å². The Bertz CT molecular complexity index is 557. The molecule has 162 valence electrons. The quantitative estimate of drug-likeness (QED) is 0.407. The van der Waals surface area contributed by atoms with E-state index in [1.807, 2.05) is 0 Å². The summed E-state index contributed by atoms with van der Waals surface area (Å²) in [5.41, 5.74) is 2.53. The van der Waals surface area contributed by atoms with Crippen molar-refractivity contribution in [3.05, 3.63) is 0 Å². The van der Waals surface area contributed by atoms with Gasteiger partial charge in [0.1, 0.15) is 6.23 Å². The number of aliphatic hydroxyl groups is 1. The SMILES string of the molecule is OC1(C(F)(F)F)CCCCC[C@H]2CCCN2C2NC(CCC2Br)C2NNC1O2. The van der Waals surface area contributed by atoms with Crippen molar-refractivity contribution in [2.24, 2.45) is 0 Å². The average molecular weight is 471 g/mol. The van der Waals surface area contributed by atoms with E-state index in [0.29, 0.717) is 23.7 Å². The molecule has 0 aromatic heterocycles. The minimum atomic E-state index is -4.76. The summed E-state index contributed by atoms with van der Waals surface area (Å²) >= 11 is 3.81. The van der Waals surface area contributed by atoms with Gasteiger partial charge in [0, 0.05) is 23.5 Å². The Morgan fingerprint density at radius 1 is 1.04 bits per heavy atom. The van der Waals surface area contributed by atoms with Crippen molar-refractivity contribution >= 4 is 15.9 Å². The van der Waals surface area contributed by atoms with Crippen LogP contribution in [-0.4, -0.2) is 63.9 Å². The number of fused-ring (bicyclic) bond motifs is 7. The van der Waals surface area contributed by atoms with Crippen LogP contribution in [-0.2, 0) is 4.74 Å². The molecule has 0 saturated carbocycles. The molecule has 0 aromatic rings. The molecule has 6 unspecified atom stereocenters. The molecule has 28 heavy (non-hydrogen) atoms. The molecule has 0 radical (unpaired) electrons. The lowest BCUT2D eigenvalue weighted by Gasteiger charge is -2.44. The van der Waals surface area contributed by atoms with Gasteiger partial charge in [0.15, 0.2) is 6.23 Å². The van der Waals surface area contributed by atoms with Gasteiger partial charge in [-0.15, -0.1) is 0 Å². The molecule has 0 aromatic carbocycles. The molecule has 4 N–H and O–H groups in total. The first-order valence-corrected chi connectivity index (χ1v) is 11.3. The summed E-state index contributed by atoms with van der Waals surface area (Å²) in [6, 6.07) is 0.335. The van der Waals surface area contributed by atoms with Gasteiger partial charge in [0.2, 0.25) is 5.60 Å². The number of rotatable bonds is 0. The number of nitrogens with one attached hydrogen (secondary N) is 3. The first kappa shape index (κ1) is 21.3. The molecule has 4 aliphatic heterocycles. The lowest BCUT2D eigenvalue weighted by atomic mass is 9.92. The highest BCUT2D eigenvalue weighted by Gasteiger charge is 2.61. The van der Waals surface area contributed by atoms with Gasteiger partial charge >= 0.3 is 6.18 Å². The second-order valence-electron chi connectivity index (χ2n) is 8.59. The lowest BCUT2D eigenvalue weighted by Crippen LogP contribution is -2.62. The van der Waals surface area contributed by atoms with Crippen LogP contribution in [0.4, 0.5) is 13.2 Å². The second kappa shape index (κ2) is 8.28. The molecule has 4 aliphatic rings. The van der Waals surface area contributed by atoms with Crippen molar-refractivity contribution < 1.29 is 23.0 Å². The molecule has 4 rings (SSSR count). The van der Waals surface area contributed by atoms with E-state index in [0.717, 1.165) is 45.1 Å². The largest absolute Gasteiger partial charge is 0.421 e. The first-order valence-electron chi connectivity index (χ1n) is 10.4. The molecule has 4 heterocycles. The third kappa shape index (κ3) is 3.98. The van der Waals surface area contributed by atoms with Crippen LogP contribution in [0, 0.1) is 0 Å². The lowest BCUT2D eigenvalue weighted by molar-refractivity contribution is -0.300. The zero-order valence-electron chi connectivity index (χ0n) is 15.8. The number of hydrogen-bond donors (Lipinski definition) is 4. The predicted octanol–water partition coefficient (Wildman–Crippen LogP) is 2.33. The topological polar surface area (TPSA) is 68.8 Å². The van der Waals surface area contributed by atoms with E-state index in [1.54, 1.807) is 0 Å². The number of alkyl halides is 4. The van der Waals surface area contributed by atoms with Crippen molar-refractivity contribution in [2.45, 2.75) is 105 Å². The van der Waals surface area contributed by atoms with Gasteiger partial charge in [0.25, 0.3) is 0 Å². The Kier molecular flexibility index (Phi) is 6.29. The summed E-state index contributed by atoms with van der Waals surface area (Å²) in [5.74, 6) is 0. The molecule has 10 heteroatoms. The molecule has 4 bridgehead atoms. The fourth-order valence-corrected chi connectivity index (χ4v) is 5.87. The van der Waals surface area contributed by atoms with Crippen molar-refractivity contribution in [3.8, 4) is 0 Å². The molecule has 4 fully saturated rings. The molecule has 0 amide bonds. The Morgan fingerprint density at radius 2 is 1.82 bits per heavy atom. The minimum absolute atomic E-state index is 0.127. The van der Waals surface area contributed by atoms with Gasteiger partial charge in [-0.2, -0.15) is 13.2 Å². The van der Waals surface area contributed by atoms with E-state index in [9.17, 15) is 18.3 Å². The number of hydrazine groups is 1. The van der Waals surface area contributed by atoms with Crippen molar-refractivity contribution in [2.75, 3.05) is 6.54 Å². The van der Waals surface area contributed by atoms with E-state index in [1.165, 1.54) is 0 Å². The van der Waals surface area contributed by atoms with Crippen molar-refractivity contribution in [3.63, 3.8) is 0 Å². The van der Waals surface area contributed by atoms with Crippen LogP contribution in [0.25, 0.3) is 0 Å². The summed E-state index contributed by atoms with van der Waals surface area (Å²) in [5, 5.41) is 14.1. The maximum atomic E-state index is 13.7. The van der Waals surface area contributed by atoms with E-state index >= 15 is 0 Å². The van der Waals surface area contributed by atoms with E-state index in [-0.39, 0.29) is 18.6 Å². The molecule has 0 spiro atoms. The van der Waals surface area contributed by atoms with Crippen LogP contribution in [0.1, 0.15) is 57.8 Å². The minimum Gasteiger partial charge on any atom is -0.377 e. The normalized spacial score (nSPS) is 46.2. The van der Waals surface area contributed by atoms with E-state index in [2.05, 4.69) is 37.0 Å². The highest BCUT2D eigenvalue weighted by Crippen LogP contribution is 2.40. The number of ether oxygens (including phenoxy) is 1. The molecular formula is C18H30BrF3N4O2. The predicted molar refractivity (Wildman–Crippen MR) is 101 cm³/mol. The van der Waals surface area contributed by atoms with Gasteiger partial charge in [-0.3, -0.25) is 10.2 Å². The highest BCUT2D eigenvalue weighted by atomic mass is 79.9. The van der Waals surface area contributed by atoms with Crippen molar-refractivity contribution in [1.29, 1.82) is 0 Å². The summed E-state index contributed by atoms with van der Waals surface area (Å²) < 4.78 is 46.8. The first-order chi connectivity index (χ1) is 13.3. The Labute approximate surface area is 172 Å². The maximum absolute atomic E-state index is 13.7. The monoisotopic (exact) mass is 470 g/mol. The van der Waals surface area contributed by atoms with Crippen molar-refractivity contribution in [1.82, 2.24) is 21.1 Å². The molecule has 6 nitrogen and oxygen atoms in total. The molecule has 4 saturated heterocycles. The third-order valence-electron chi connectivity index (χ3n) is 6.79. The summed E-state index contributed by atoms with van der Waals surface area (Å²) in [4.78, 5) is 2.83. The van der Waals surface area contributed by atoms with Crippen LogP contribution < -0.4 is 16.2 Å². The van der Waals surface area contributed by atoms with Gasteiger partial charge < -0.3 is 9.84 Å². The van der Waals surface area contributed by atoms with Gasteiger partial charge in [-0.1, -0.05) is 35.2 Å². The van der Waals surface area contributed by atoms with Gasteiger partial charge in [-0.05, 0) is 38.5 Å². The Balaban J connectivity index is 1.57. The Hall–Kier alpha value is 0.0300. The highest BCUT2D eigenvalue weighted by molar-refractivity contribution is 9.09. The van der Waals surface area contributed by atoms with Gasteiger partial charge in [-0.25, -0.2) is 10.9 Å². The van der Waals surface area contributed by atoms with Crippen LogP contribution in [0.3, 0.4) is 0 Å². The zero-order chi connectivity index (χ0) is 19.9. The molecule has 0 aliphatic carbocycles. The van der Waals surface area contributed by atoms with Crippen LogP contribution in [0.5, 0.6) is 0 Å². The number of hydrogen-bond acceptors (Lipinski definition) is 6. The smallest absolute Gasteiger partial charge is 0.377 e. The standard InChI is InChI=1S/C18H30BrF3N4O2/c19-12-7-8-13-15-24-25-16(28-15)17(27,18(20,21)22)9-3-1-2-5-11-6-4-10-26(11)14(12)23-13/h11-16,23-25,27H,1-10H2/t11-,12?,13?,14?,15?,16?,17?/m0/s1. The number of piperidine rings is 1. The number of halogens is 4. The fourth-order valence-electron chi connectivity index (χ4n) is 5.15. The van der Waals surface area contributed by atoms with Gasteiger partial charge in [0.05, 0.1) is 6.17 Å². The van der Waals surface area contributed by atoms with Crippen LogP contribution >= 0.6 is 15.9 Å². The second-order valence-corrected chi connectivity index (χ2v) is 9.77. The van der Waals surface area contributed by atoms with E-state index in [4.69, 9.17) is 4.74 Å². The maximum Gasteiger partial charge on any atom is 0.421 e. The Morgan fingerprint density at radius 3 is 2.61 bits per heavy atom. The van der Waals surface area contributed by atoms with E-state index < -0.39 is 24.2 Å². The summed E-state index contributed by atoms with van der Waals surface area (Å²) in [6.45, 7) is 1.05. The average Bonchev–Trinajstić information content (AvgIpc) is 3.30. The zero-order valence-corrected chi connectivity index (χ0v) is 17.4. The summed E-state index contributed by atoms with van der Waals surface area (Å²) in [6.07, 6.45) is -0.267. The van der Waals surface area contributed by atoms with Crippen LogP contribution in [0.15, 0.2) is 0 Å².